The van der Waals surface area contributed by atoms with Crippen LogP contribution in [0.3, 0.4) is 0 Å². The van der Waals surface area contributed by atoms with Crippen LogP contribution < -0.4 is 0 Å². The Morgan fingerprint density at radius 2 is 1.64 bits per heavy atom. The molecule has 14 heavy (non-hydrogen) atoms. The summed E-state index contributed by atoms with van der Waals surface area (Å²) in [6.07, 6.45) is 4.70. The van der Waals surface area contributed by atoms with E-state index in [0.717, 1.165) is 0 Å². The number of benzene rings is 1. The lowest BCUT2D eigenvalue weighted by molar-refractivity contribution is 0.590. The zero-order valence-corrected chi connectivity index (χ0v) is 9.80. The third-order valence-corrected chi connectivity index (χ3v) is 2.45. The lowest BCUT2D eigenvalue weighted by atomic mass is 9.86. The second kappa shape index (κ2) is 4.63. The summed E-state index contributed by atoms with van der Waals surface area (Å²) in [5, 5.41) is 0. The predicted octanol–water partition coefficient (Wildman–Crippen LogP) is 4.34. The van der Waals surface area contributed by atoms with Gasteiger partial charge in [0, 0.05) is 0 Å². The van der Waals surface area contributed by atoms with Crippen molar-refractivity contribution in [2.75, 3.05) is 0 Å². The van der Waals surface area contributed by atoms with Crippen LogP contribution in [0.1, 0.15) is 51.7 Å². The third-order valence-electron chi connectivity index (χ3n) is 2.45. The zero-order valence-electron chi connectivity index (χ0n) is 9.80. The van der Waals surface area contributed by atoms with E-state index in [9.17, 15) is 0 Å². The van der Waals surface area contributed by atoms with Crippen LogP contribution in [0.15, 0.2) is 24.3 Å². The average Bonchev–Trinajstić information content (AvgIpc) is 2.14. The molecule has 0 bridgehead atoms. The zero-order chi connectivity index (χ0) is 10.6. The van der Waals surface area contributed by atoms with E-state index in [0.29, 0.717) is 0 Å². The molecule has 1 rings (SSSR count). The van der Waals surface area contributed by atoms with Crippen LogP contribution in [-0.2, 0) is 5.41 Å². The molecule has 0 fully saturated rings. The van der Waals surface area contributed by atoms with Crippen LogP contribution in [0.2, 0.25) is 0 Å². The van der Waals surface area contributed by atoms with E-state index in [1.54, 1.807) is 0 Å². The summed E-state index contributed by atoms with van der Waals surface area (Å²) in [5.74, 6) is 0. The summed E-state index contributed by atoms with van der Waals surface area (Å²) >= 11 is 0. The molecule has 0 aliphatic carbocycles. The third kappa shape index (κ3) is 3.17. The maximum atomic E-state index is 2.30. The van der Waals surface area contributed by atoms with Crippen LogP contribution >= 0.6 is 0 Å². The summed E-state index contributed by atoms with van der Waals surface area (Å²) in [7, 11) is 0. The lowest BCUT2D eigenvalue weighted by Gasteiger charge is -2.19. The van der Waals surface area contributed by atoms with Crippen LogP contribution in [-0.4, -0.2) is 0 Å². The van der Waals surface area contributed by atoms with E-state index in [4.69, 9.17) is 0 Å². The van der Waals surface area contributed by atoms with Crippen LogP contribution in [0, 0.1) is 6.42 Å². The molecule has 0 aliphatic heterocycles. The van der Waals surface area contributed by atoms with Gasteiger partial charge in [-0.3, -0.25) is 0 Å². The highest BCUT2D eigenvalue weighted by molar-refractivity contribution is 5.30. The molecule has 0 saturated carbocycles. The highest BCUT2D eigenvalue weighted by atomic mass is 14.2. The Kier molecular flexibility index (Phi) is 3.74. The molecule has 1 radical (unpaired) electrons. The fraction of sp³-hybridized carbons (Fsp3) is 0.500. The topological polar surface area (TPSA) is 0 Å². The minimum Gasteiger partial charge on any atom is -0.0654 e. The molecule has 0 aliphatic rings. The number of hydrogen-bond acceptors (Lipinski definition) is 0. The van der Waals surface area contributed by atoms with E-state index >= 15 is 0 Å². The molecule has 0 amide bonds. The van der Waals surface area contributed by atoms with Gasteiger partial charge in [0.25, 0.3) is 0 Å². The molecule has 0 atom stereocenters. The van der Waals surface area contributed by atoms with Crippen LogP contribution in [0.25, 0.3) is 0 Å². The molecule has 77 valence electrons. The first-order valence-corrected chi connectivity index (χ1v) is 5.48. The molecule has 0 heteroatoms. The van der Waals surface area contributed by atoms with Gasteiger partial charge in [-0.05, 0) is 29.4 Å². The highest BCUT2D eigenvalue weighted by Gasteiger charge is 2.12. The van der Waals surface area contributed by atoms with Gasteiger partial charge in [0.15, 0.2) is 0 Å². The van der Waals surface area contributed by atoms with Crippen molar-refractivity contribution >= 4 is 0 Å². The van der Waals surface area contributed by atoms with Gasteiger partial charge in [0.05, 0.1) is 0 Å². The predicted molar refractivity (Wildman–Crippen MR) is 63.5 cm³/mol. The SMILES string of the molecule is CCC[CH]c1ccc(C(C)(C)C)cc1. The summed E-state index contributed by atoms with van der Waals surface area (Å²) < 4.78 is 0. The Labute approximate surface area is 88.4 Å². The van der Waals surface area contributed by atoms with Crippen molar-refractivity contribution in [2.24, 2.45) is 0 Å². The fourth-order valence-electron chi connectivity index (χ4n) is 1.43. The van der Waals surface area contributed by atoms with Gasteiger partial charge in [0.1, 0.15) is 0 Å². The van der Waals surface area contributed by atoms with E-state index in [-0.39, 0.29) is 5.41 Å². The van der Waals surface area contributed by atoms with Gasteiger partial charge in [0.2, 0.25) is 0 Å². The smallest absolute Gasteiger partial charge is 0.00932 e. The summed E-state index contributed by atoms with van der Waals surface area (Å²) in [4.78, 5) is 0. The van der Waals surface area contributed by atoms with Crippen molar-refractivity contribution in [3.05, 3.63) is 41.8 Å². The summed E-state index contributed by atoms with van der Waals surface area (Å²) in [6, 6.07) is 8.91. The largest absolute Gasteiger partial charge is 0.0654 e. The molecular weight excluding hydrogens is 168 g/mol. The van der Waals surface area contributed by atoms with Gasteiger partial charge in [-0.1, -0.05) is 58.4 Å². The second-order valence-corrected chi connectivity index (χ2v) is 4.86. The molecule has 1 aromatic carbocycles. The minimum absolute atomic E-state index is 0.267. The standard InChI is InChI=1S/C14H21/c1-5-6-7-12-8-10-13(11-9-12)14(2,3)4/h7-11H,5-6H2,1-4H3. The Hall–Kier alpha value is -0.780. The normalized spacial score (nSPS) is 11.7. The second-order valence-electron chi connectivity index (χ2n) is 4.86. The average molecular weight is 189 g/mol. The van der Waals surface area contributed by atoms with E-state index < -0.39 is 0 Å². The van der Waals surface area contributed by atoms with Gasteiger partial charge < -0.3 is 0 Å². The van der Waals surface area contributed by atoms with E-state index in [1.165, 1.54) is 24.0 Å². The molecular formula is C14H21. The van der Waals surface area contributed by atoms with Crippen molar-refractivity contribution in [1.82, 2.24) is 0 Å². The molecule has 1 aromatic rings. The Morgan fingerprint density at radius 3 is 2.07 bits per heavy atom. The Bertz CT molecular complexity index is 261. The number of rotatable bonds is 3. The minimum atomic E-state index is 0.267. The van der Waals surface area contributed by atoms with Crippen molar-refractivity contribution < 1.29 is 0 Å². The monoisotopic (exact) mass is 189 g/mol. The van der Waals surface area contributed by atoms with Crippen molar-refractivity contribution in [1.29, 1.82) is 0 Å². The number of hydrogen-bond donors (Lipinski definition) is 0. The first-order chi connectivity index (χ1) is 6.54. The Morgan fingerprint density at radius 1 is 1.07 bits per heavy atom. The first kappa shape index (κ1) is 11.3. The lowest BCUT2D eigenvalue weighted by Crippen LogP contribution is -2.10. The van der Waals surface area contributed by atoms with Crippen molar-refractivity contribution in [3.63, 3.8) is 0 Å². The quantitative estimate of drug-likeness (QED) is 0.663. The van der Waals surface area contributed by atoms with Gasteiger partial charge in [-0.25, -0.2) is 0 Å². The molecule has 0 heterocycles. The van der Waals surface area contributed by atoms with Gasteiger partial charge in [-0.15, -0.1) is 0 Å². The van der Waals surface area contributed by atoms with Crippen molar-refractivity contribution in [2.45, 2.75) is 46.0 Å². The molecule has 0 unspecified atom stereocenters. The van der Waals surface area contributed by atoms with Crippen LogP contribution in [0.4, 0.5) is 0 Å². The maximum absolute atomic E-state index is 2.30. The van der Waals surface area contributed by atoms with Crippen LogP contribution in [0.5, 0.6) is 0 Å². The molecule has 0 saturated heterocycles. The maximum Gasteiger partial charge on any atom is -0.00932 e. The molecule has 0 spiro atoms. The fourth-order valence-corrected chi connectivity index (χ4v) is 1.43. The van der Waals surface area contributed by atoms with E-state index in [1.807, 2.05) is 0 Å². The summed E-state index contributed by atoms with van der Waals surface area (Å²) in [5.41, 5.74) is 3.02. The van der Waals surface area contributed by atoms with Gasteiger partial charge >= 0.3 is 0 Å². The molecule has 0 aromatic heterocycles. The highest BCUT2D eigenvalue weighted by Crippen LogP contribution is 2.22. The first-order valence-electron chi connectivity index (χ1n) is 5.48. The van der Waals surface area contributed by atoms with Crippen molar-refractivity contribution in [3.8, 4) is 0 Å². The van der Waals surface area contributed by atoms with Gasteiger partial charge in [-0.2, -0.15) is 0 Å². The Balaban J connectivity index is 2.69. The number of unbranched alkanes of at least 4 members (excludes halogenated alkanes) is 1. The van der Waals surface area contributed by atoms with E-state index in [2.05, 4.69) is 58.4 Å². The molecule has 0 N–H and O–H groups in total. The summed E-state index contributed by atoms with van der Waals surface area (Å²) in [6.45, 7) is 8.95. The molecule has 0 nitrogen and oxygen atoms in total.